The predicted octanol–water partition coefficient (Wildman–Crippen LogP) is 4.80. The molecule has 2 atom stereocenters. The van der Waals surface area contributed by atoms with E-state index in [0.29, 0.717) is 39.4 Å². The lowest BCUT2D eigenvalue weighted by Gasteiger charge is -2.41. The Morgan fingerprint density at radius 2 is 1.82 bits per heavy atom. The number of aryl methyl sites for hydroxylation is 1. The maximum Gasteiger partial charge on any atom is 0.320 e. The highest BCUT2D eigenvalue weighted by atomic mass is 19.1. The van der Waals surface area contributed by atoms with Crippen molar-refractivity contribution in [2.45, 2.75) is 31.6 Å². The number of H-pyrrole nitrogens is 1. The largest absolute Gasteiger partial charge is 0.378 e. The van der Waals surface area contributed by atoms with Crippen LogP contribution in [0.2, 0.25) is 0 Å². The minimum Gasteiger partial charge on any atom is -0.378 e. The van der Waals surface area contributed by atoms with Crippen molar-refractivity contribution in [1.82, 2.24) is 20.0 Å². The average molecular weight is 463 g/mol. The minimum absolute atomic E-state index is 0.0769. The predicted molar refractivity (Wildman–Crippen MR) is 129 cm³/mol. The molecule has 2 unspecified atom stereocenters. The second-order valence-corrected chi connectivity index (χ2v) is 9.23. The number of morpholine rings is 1. The number of rotatable bonds is 4. The number of urea groups is 1. The number of nitrogens with zero attached hydrogens (tertiary/aromatic N) is 3. The molecule has 2 aliphatic rings. The van der Waals surface area contributed by atoms with Crippen LogP contribution >= 0.6 is 0 Å². The van der Waals surface area contributed by atoms with Crippen molar-refractivity contribution in [1.29, 1.82) is 0 Å². The van der Waals surface area contributed by atoms with E-state index in [9.17, 15) is 9.18 Å². The van der Waals surface area contributed by atoms with Crippen LogP contribution in [0.4, 0.5) is 9.18 Å². The molecular weight excluding hydrogens is 431 g/mol. The smallest absolute Gasteiger partial charge is 0.320 e. The lowest BCUT2D eigenvalue weighted by atomic mass is 9.82. The fraction of sp³-hybridized carbons (Fsp3) is 0.407. The summed E-state index contributed by atoms with van der Waals surface area (Å²) in [6.45, 7) is 5.91. The van der Waals surface area contributed by atoms with Crippen LogP contribution in [0.25, 0.3) is 11.3 Å². The number of piperidine rings is 1. The zero-order valence-electron chi connectivity index (χ0n) is 19.5. The minimum atomic E-state index is -0.280. The van der Waals surface area contributed by atoms with Crippen LogP contribution in [0.5, 0.6) is 0 Å². The van der Waals surface area contributed by atoms with Crippen molar-refractivity contribution in [3.63, 3.8) is 0 Å². The maximum absolute atomic E-state index is 13.7. The van der Waals surface area contributed by atoms with Gasteiger partial charge in [0.1, 0.15) is 5.82 Å². The monoisotopic (exact) mass is 462 g/mol. The van der Waals surface area contributed by atoms with Crippen LogP contribution in [-0.4, -0.2) is 65.4 Å². The molecule has 178 valence electrons. The topological polar surface area (TPSA) is 61.5 Å². The number of carbonyl (C=O) groups is 1. The summed E-state index contributed by atoms with van der Waals surface area (Å²) in [6.07, 6.45) is 1.93. The lowest BCUT2D eigenvalue weighted by Crippen LogP contribution is -2.52. The third kappa shape index (κ3) is 4.85. The van der Waals surface area contributed by atoms with E-state index in [0.717, 1.165) is 29.8 Å². The van der Waals surface area contributed by atoms with Gasteiger partial charge >= 0.3 is 6.03 Å². The highest BCUT2D eigenvalue weighted by Crippen LogP contribution is 2.37. The number of aromatic nitrogens is 2. The molecule has 0 saturated carbocycles. The van der Waals surface area contributed by atoms with Crippen molar-refractivity contribution in [2.75, 3.05) is 39.4 Å². The van der Waals surface area contributed by atoms with Gasteiger partial charge in [0.2, 0.25) is 0 Å². The molecule has 2 fully saturated rings. The van der Waals surface area contributed by atoms with Gasteiger partial charge in [-0.25, -0.2) is 9.18 Å². The highest BCUT2D eigenvalue weighted by molar-refractivity contribution is 5.75. The number of aromatic amines is 1. The summed E-state index contributed by atoms with van der Waals surface area (Å²) in [4.78, 5) is 17.3. The van der Waals surface area contributed by atoms with E-state index in [1.54, 1.807) is 6.07 Å². The molecule has 2 aromatic carbocycles. The van der Waals surface area contributed by atoms with Crippen molar-refractivity contribution in [3.8, 4) is 11.3 Å². The number of nitrogens with one attached hydrogen (secondary N) is 1. The number of amides is 2. The van der Waals surface area contributed by atoms with Gasteiger partial charge in [0.05, 0.1) is 18.9 Å². The van der Waals surface area contributed by atoms with E-state index in [1.807, 2.05) is 21.9 Å². The van der Waals surface area contributed by atoms with E-state index in [4.69, 9.17) is 4.74 Å². The first-order chi connectivity index (χ1) is 16.6. The third-order valence-electron chi connectivity index (χ3n) is 7.02. The molecule has 2 saturated heterocycles. The first kappa shape index (κ1) is 22.6. The molecule has 0 aliphatic carbocycles. The van der Waals surface area contributed by atoms with Gasteiger partial charge in [0.15, 0.2) is 0 Å². The van der Waals surface area contributed by atoms with E-state index >= 15 is 0 Å². The molecule has 0 radical (unpaired) electrons. The molecule has 2 amide bonds. The fourth-order valence-corrected chi connectivity index (χ4v) is 5.04. The number of halogens is 1. The van der Waals surface area contributed by atoms with Gasteiger partial charge in [-0.05, 0) is 42.2 Å². The Hall–Kier alpha value is -3.19. The van der Waals surface area contributed by atoms with Gasteiger partial charge in [-0.15, -0.1) is 0 Å². The first-order valence-corrected chi connectivity index (χ1v) is 12.1. The quantitative estimate of drug-likeness (QED) is 0.606. The summed E-state index contributed by atoms with van der Waals surface area (Å²) < 4.78 is 19.2. The third-order valence-corrected chi connectivity index (χ3v) is 7.02. The zero-order chi connectivity index (χ0) is 23.5. The Labute approximate surface area is 199 Å². The summed E-state index contributed by atoms with van der Waals surface area (Å²) >= 11 is 0. The number of hydrogen-bond donors (Lipinski definition) is 1. The van der Waals surface area contributed by atoms with Crippen molar-refractivity contribution in [2.24, 2.45) is 0 Å². The molecule has 1 aromatic heterocycles. The molecule has 2 aliphatic heterocycles. The summed E-state index contributed by atoms with van der Waals surface area (Å²) in [5.74, 6) is 0.0672. The molecule has 7 heteroatoms. The van der Waals surface area contributed by atoms with Crippen molar-refractivity contribution >= 4 is 6.03 Å². The second-order valence-electron chi connectivity index (χ2n) is 9.23. The van der Waals surface area contributed by atoms with Crippen LogP contribution in [0.1, 0.15) is 42.0 Å². The normalized spacial score (nSPS) is 21.0. The molecule has 6 nitrogen and oxygen atoms in total. The number of ether oxygens (including phenoxy) is 1. The summed E-state index contributed by atoms with van der Waals surface area (Å²) in [6, 6.07) is 17.3. The molecule has 0 spiro atoms. The molecule has 1 N–H and O–H groups in total. The number of likely N-dealkylation sites (tertiary alicyclic amines) is 1. The van der Waals surface area contributed by atoms with E-state index < -0.39 is 0 Å². The summed E-state index contributed by atoms with van der Waals surface area (Å²) in [7, 11) is 0. The first-order valence-electron chi connectivity index (χ1n) is 12.1. The molecule has 5 rings (SSSR count). The van der Waals surface area contributed by atoms with E-state index in [2.05, 4.69) is 41.4 Å². The lowest BCUT2D eigenvalue weighted by molar-refractivity contribution is 0.0398. The van der Waals surface area contributed by atoms with Crippen LogP contribution in [0.15, 0.2) is 54.6 Å². The average Bonchev–Trinajstić information content (AvgIpc) is 3.39. The molecule has 34 heavy (non-hydrogen) atoms. The van der Waals surface area contributed by atoms with E-state index in [-0.39, 0.29) is 23.7 Å². The van der Waals surface area contributed by atoms with Crippen LogP contribution in [0, 0.1) is 5.82 Å². The zero-order valence-corrected chi connectivity index (χ0v) is 19.5. The molecule has 3 heterocycles. The van der Waals surface area contributed by atoms with Gasteiger partial charge in [0.25, 0.3) is 0 Å². The van der Waals surface area contributed by atoms with Gasteiger partial charge in [-0.3, -0.25) is 5.10 Å². The fourth-order valence-electron chi connectivity index (χ4n) is 5.04. The second kappa shape index (κ2) is 9.97. The van der Waals surface area contributed by atoms with Crippen molar-refractivity contribution < 1.29 is 13.9 Å². The summed E-state index contributed by atoms with van der Waals surface area (Å²) in [5, 5.41) is 7.64. The highest BCUT2D eigenvalue weighted by Gasteiger charge is 2.35. The number of hydrogen-bond acceptors (Lipinski definition) is 3. The van der Waals surface area contributed by atoms with Crippen LogP contribution in [0.3, 0.4) is 0 Å². The van der Waals surface area contributed by atoms with Gasteiger partial charge < -0.3 is 14.5 Å². The maximum atomic E-state index is 13.7. The molecule has 3 aromatic rings. The summed E-state index contributed by atoms with van der Waals surface area (Å²) in [5.41, 5.74) is 5.01. The SMILES string of the molecule is CCc1ccc(C2CC(c3cc(-c4cccc(F)c4)n[nH]3)CN(C(=O)N3CCOCC3)C2)cc1. The van der Waals surface area contributed by atoms with Crippen molar-refractivity contribution in [3.05, 3.63) is 77.2 Å². The Balaban J connectivity index is 1.41. The molecule has 0 bridgehead atoms. The van der Waals surface area contributed by atoms with E-state index in [1.165, 1.54) is 23.3 Å². The Morgan fingerprint density at radius 1 is 1.06 bits per heavy atom. The van der Waals surface area contributed by atoms with Gasteiger partial charge in [-0.2, -0.15) is 5.10 Å². The number of carbonyl (C=O) groups excluding carboxylic acids is 1. The molecular formula is C27H31FN4O2. The van der Waals surface area contributed by atoms with Crippen LogP contribution < -0.4 is 0 Å². The van der Waals surface area contributed by atoms with Gasteiger partial charge in [0, 0.05) is 49.3 Å². The van der Waals surface area contributed by atoms with Crippen LogP contribution in [-0.2, 0) is 11.2 Å². The Kier molecular flexibility index (Phi) is 6.63. The van der Waals surface area contributed by atoms with Gasteiger partial charge in [-0.1, -0.05) is 43.3 Å². The Morgan fingerprint density at radius 3 is 2.56 bits per heavy atom. The number of benzene rings is 2. The standard InChI is InChI=1S/C27H31FN4O2/c1-2-19-6-8-20(9-7-19)22-14-23(18-32(17-22)27(33)31-10-12-34-13-11-31)26-16-25(29-30-26)21-4-3-5-24(28)15-21/h3-9,15-16,22-23H,2,10-14,17-18H2,1H3,(H,29,30). The Bertz CT molecular complexity index is 1120.